The minimum absolute atomic E-state index is 0.0933. The summed E-state index contributed by atoms with van der Waals surface area (Å²) in [5.74, 6) is 1.74. The molecule has 0 aromatic heterocycles. The largest absolute Gasteiger partial charge is 0.299 e. The molecular weight excluding hydrogens is 308 g/mol. The molecule has 25 heavy (non-hydrogen) atoms. The van der Waals surface area contributed by atoms with Crippen LogP contribution in [0.2, 0.25) is 0 Å². The van der Waals surface area contributed by atoms with Crippen molar-refractivity contribution in [2.75, 3.05) is 0 Å². The number of Topliss-reactive ketones (excluding diaryl/α,β-unsaturated/α-hetero) is 1. The van der Waals surface area contributed by atoms with E-state index in [-0.39, 0.29) is 22.0 Å². The first-order valence-corrected chi connectivity index (χ1v) is 9.84. The molecule has 2 saturated carbocycles. The van der Waals surface area contributed by atoms with Gasteiger partial charge in [-0.05, 0) is 85.2 Å². The third-order valence-electron chi connectivity index (χ3n) is 8.66. The summed E-state index contributed by atoms with van der Waals surface area (Å²) in [6, 6.07) is 0. The maximum absolute atomic E-state index is 13.1. The summed E-state index contributed by atoms with van der Waals surface area (Å²) in [6.07, 6.45) is 14.3. The Balaban J connectivity index is 1.59. The molecule has 0 bridgehead atoms. The Hall–Kier alpha value is -1.70. The lowest BCUT2D eigenvalue weighted by Gasteiger charge is -2.49. The summed E-state index contributed by atoms with van der Waals surface area (Å²) < 4.78 is 0. The fourth-order valence-electron chi connectivity index (χ4n) is 7.22. The van der Waals surface area contributed by atoms with Gasteiger partial charge in [-0.3, -0.25) is 9.59 Å². The molecule has 6 aliphatic carbocycles. The first-order chi connectivity index (χ1) is 11.9. The van der Waals surface area contributed by atoms with Crippen LogP contribution >= 0.6 is 0 Å². The van der Waals surface area contributed by atoms with Gasteiger partial charge in [0.15, 0.2) is 5.78 Å². The van der Waals surface area contributed by atoms with Gasteiger partial charge in [-0.25, -0.2) is 0 Å². The highest BCUT2D eigenvalue weighted by molar-refractivity contribution is 6.02. The highest BCUT2D eigenvalue weighted by Gasteiger charge is 2.67. The van der Waals surface area contributed by atoms with Crippen LogP contribution < -0.4 is 0 Å². The zero-order valence-corrected chi connectivity index (χ0v) is 15.0. The summed E-state index contributed by atoms with van der Waals surface area (Å²) in [4.78, 5) is 25.0. The Kier molecular flexibility index (Phi) is 2.31. The van der Waals surface area contributed by atoms with Gasteiger partial charge in [0.25, 0.3) is 0 Å². The quantitative estimate of drug-likeness (QED) is 0.655. The van der Waals surface area contributed by atoms with E-state index in [2.05, 4.69) is 26.0 Å². The van der Waals surface area contributed by atoms with E-state index in [1.807, 2.05) is 6.08 Å². The lowest BCUT2D eigenvalue weighted by atomic mass is 9.53. The highest BCUT2D eigenvalue weighted by atomic mass is 16.1. The van der Waals surface area contributed by atoms with Gasteiger partial charge in [-0.2, -0.15) is 0 Å². The molecule has 0 aliphatic heterocycles. The van der Waals surface area contributed by atoms with Gasteiger partial charge < -0.3 is 0 Å². The van der Waals surface area contributed by atoms with Crippen molar-refractivity contribution in [2.45, 2.75) is 52.4 Å². The molecule has 0 aromatic rings. The van der Waals surface area contributed by atoms with Crippen molar-refractivity contribution < 1.29 is 9.59 Å². The summed E-state index contributed by atoms with van der Waals surface area (Å²) in [5, 5.41) is 0. The molecule has 2 fully saturated rings. The molecule has 2 heteroatoms. The number of carbonyl (C=O) groups excluding carboxylic acids is 2. The van der Waals surface area contributed by atoms with Crippen LogP contribution in [0.5, 0.6) is 0 Å². The Morgan fingerprint density at radius 3 is 2.76 bits per heavy atom. The fraction of sp³-hybridized carbons (Fsp3) is 0.565. The monoisotopic (exact) mass is 332 g/mol. The van der Waals surface area contributed by atoms with Gasteiger partial charge in [-0.15, -0.1) is 0 Å². The fourth-order valence-corrected chi connectivity index (χ4v) is 7.22. The summed E-state index contributed by atoms with van der Waals surface area (Å²) >= 11 is 0. The van der Waals surface area contributed by atoms with Crippen molar-refractivity contribution in [3.05, 3.63) is 46.6 Å². The Morgan fingerprint density at radius 1 is 1.08 bits per heavy atom. The highest BCUT2D eigenvalue weighted by Crippen LogP contribution is 2.74. The van der Waals surface area contributed by atoms with Crippen molar-refractivity contribution in [1.29, 1.82) is 0 Å². The molecular formula is C23H24O2. The molecule has 2 nitrogen and oxygen atoms in total. The summed E-state index contributed by atoms with van der Waals surface area (Å²) in [6.45, 7) is 4.65. The topological polar surface area (TPSA) is 34.1 Å². The van der Waals surface area contributed by atoms with Crippen molar-refractivity contribution >= 4 is 11.6 Å². The van der Waals surface area contributed by atoms with Gasteiger partial charge in [0.1, 0.15) is 5.78 Å². The Morgan fingerprint density at radius 2 is 1.92 bits per heavy atom. The van der Waals surface area contributed by atoms with Crippen LogP contribution in [0.1, 0.15) is 52.4 Å². The van der Waals surface area contributed by atoms with Crippen molar-refractivity contribution in [3.63, 3.8) is 0 Å². The third kappa shape index (κ3) is 1.39. The molecule has 6 aliphatic rings. The number of fused-ring (bicyclic) bond motifs is 6. The second kappa shape index (κ2) is 4.00. The van der Waals surface area contributed by atoms with Gasteiger partial charge in [0.05, 0.1) is 5.41 Å². The molecule has 1 spiro atoms. The third-order valence-corrected chi connectivity index (χ3v) is 8.66. The van der Waals surface area contributed by atoms with Crippen LogP contribution in [0.25, 0.3) is 0 Å². The van der Waals surface area contributed by atoms with Crippen LogP contribution in [0, 0.1) is 28.1 Å². The lowest BCUT2D eigenvalue weighted by Crippen LogP contribution is -2.43. The maximum Gasteiger partial charge on any atom is 0.178 e. The Labute approximate surface area is 148 Å². The predicted octanol–water partition coefficient (Wildman–Crippen LogP) is 4.48. The van der Waals surface area contributed by atoms with Crippen molar-refractivity contribution in [2.24, 2.45) is 28.1 Å². The SMILES string of the molecule is CC12C=CC(=O)C=C1C1CC1C1=C2CCC23C(=O)CC[C@]2(C)CC=C13. The van der Waals surface area contributed by atoms with Crippen LogP contribution in [0.3, 0.4) is 0 Å². The van der Waals surface area contributed by atoms with Gasteiger partial charge in [0, 0.05) is 11.8 Å². The predicted molar refractivity (Wildman–Crippen MR) is 95.7 cm³/mol. The molecule has 0 saturated heterocycles. The van der Waals surface area contributed by atoms with E-state index in [0.29, 0.717) is 17.6 Å². The normalized spacial score (nSPS) is 49.0. The summed E-state index contributed by atoms with van der Waals surface area (Å²) in [5.41, 5.74) is 5.68. The Bertz CT molecular complexity index is 897. The lowest BCUT2D eigenvalue weighted by molar-refractivity contribution is -0.127. The molecule has 0 radical (unpaired) electrons. The molecule has 0 aromatic carbocycles. The number of rotatable bonds is 0. The second-order valence-electron chi connectivity index (χ2n) is 9.59. The molecule has 0 N–H and O–H groups in total. The number of ketones is 2. The molecule has 4 unspecified atom stereocenters. The van der Waals surface area contributed by atoms with E-state index in [1.54, 1.807) is 6.08 Å². The summed E-state index contributed by atoms with van der Waals surface area (Å²) in [7, 11) is 0. The zero-order chi connectivity index (χ0) is 17.2. The molecule has 0 heterocycles. The van der Waals surface area contributed by atoms with Crippen LogP contribution in [0.15, 0.2) is 46.6 Å². The number of hydrogen-bond acceptors (Lipinski definition) is 2. The standard InChI is InChI=1S/C23H24O2/c1-21-7-4-17-20-15-12-14(15)18-11-13(24)3-9-22(18,2)16(20)5-10-23(17,21)19(25)6-8-21/h3-4,9,11,14-15H,5-8,10,12H2,1-2H3/t14?,15?,21-,22?,23?/m0/s1. The number of allylic oxidation sites excluding steroid dienone is 8. The second-order valence-corrected chi connectivity index (χ2v) is 9.59. The van der Waals surface area contributed by atoms with E-state index < -0.39 is 0 Å². The van der Waals surface area contributed by atoms with Crippen LogP contribution in [0.4, 0.5) is 0 Å². The minimum Gasteiger partial charge on any atom is -0.299 e. The molecule has 5 atom stereocenters. The van der Waals surface area contributed by atoms with Gasteiger partial charge in [-0.1, -0.05) is 24.6 Å². The van der Waals surface area contributed by atoms with Gasteiger partial charge in [0.2, 0.25) is 0 Å². The average Bonchev–Trinajstić information content (AvgIpc) is 3.27. The minimum atomic E-state index is -0.190. The first kappa shape index (κ1) is 14.5. The van der Waals surface area contributed by atoms with E-state index in [9.17, 15) is 9.59 Å². The number of carbonyl (C=O) groups is 2. The van der Waals surface area contributed by atoms with E-state index in [0.717, 1.165) is 32.1 Å². The molecule has 6 rings (SSSR count). The van der Waals surface area contributed by atoms with Crippen molar-refractivity contribution in [3.8, 4) is 0 Å². The molecule has 0 amide bonds. The van der Waals surface area contributed by atoms with E-state index >= 15 is 0 Å². The van der Waals surface area contributed by atoms with Crippen LogP contribution in [-0.2, 0) is 9.59 Å². The average molecular weight is 332 g/mol. The zero-order valence-electron chi connectivity index (χ0n) is 15.0. The number of hydrogen-bond donors (Lipinski definition) is 0. The first-order valence-electron chi connectivity index (χ1n) is 9.84. The van der Waals surface area contributed by atoms with E-state index in [1.165, 1.54) is 28.7 Å². The van der Waals surface area contributed by atoms with Crippen molar-refractivity contribution in [1.82, 2.24) is 0 Å². The van der Waals surface area contributed by atoms with E-state index in [4.69, 9.17) is 0 Å². The maximum atomic E-state index is 13.1. The smallest absolute Gasteiger partial charge is 0.178 e. The molecule has 128 valence electrons. The van der Waals surface area contributed by atoms with Crippen LogP contribution in [-0.4, -0.2) is 11.6 Å². The van der Waals surface area contributed by atoms with Gasteiger partial charge >= 0.3 is 0 Å².